The van der Waals surface area contributed by atoms with Crippen LogP contribution in [0.15, 0.2) is 48.5 Å². The SMILES string of the molecule is COc1c(-c2ccccc2)n[nH]c1-c1nc2ccc(C(N)=O)cc2[nH]1. The van der Waals surface area contributed by atoms with Crippen molar-refractivity contribution in [3.05, 3.63) is 54.1 Å². The van der Waals surface area contributed by atoms with Crippen LogP contribution in [0.25, 0.3) is 33.8 Å². The first-order valence-corrected chi connectivity index (χ1v) is 7.65. The molecule has 2 aromatic heterocycles. The molecule has 7 nitrogen and oxygen atoms in total. The molecule has 0 atom stereocenters. The van der Waals surface area contributed by atoms with E-state index in [1.807, 2.05) is 30.3 Å². The number of methoxy groups -OCH3 is 1. The van der Waals surface area contributed by atoms with Crippen LogP contribution in [0.2, 0.25) is 0 Å². The summed E-state index contributed by atoms with van der Waals surface area (Å²) in [6, 6.07) is 14.8. The average Bonchev–Trinajstić information content (AvgIpc) is 3.25. The number of ether oxygens (including phenoxy) is 1. The number of aromatic amines is 2. The maximum absolute atomic E-state index is 11.3. The van der Waals surface area contributed by atoms with Gasteiger partial charge in [0.15, 0.2) is 11.6 Å². The van der Waals surface area contributed by atoms with Crippen LogP contribution in [0.4, 0.5) is 0 Å². The summed E-state index contributed by atoms with van der Waals surface area (Å²) >= 11 is 0. The first-order valence-electron chi connectivity index (χ1n) is 7.65. The first-order chi connectivity index (χ1) is 12.2. The van der Waals surface area contributed by atoms with Crippen LogP contribution in [0.3, 0.4) is 0 Å². The van der Waals surface area contributed by atoms with Gasteiger partial charge in [0.2, 0.25) is 5.91 Å². The average molecular weight is 333 g/mol. The topological polar surface area (TPSA) is 110 Å². The highest BCUT2D eigenvalue weighted by Crippen LogP contribution is 2.36. The van der Waals surface area contributed by atoms with Crippen molar-refractivity contribution in [2.75, 3.05) is 7.11 Å². The minimum absolute atomic E-state index is 0.421. The minimum atomic E-state index is -0.483. The molecule has 0 saturated carbocycles. The molecule has 0 unspecified atom stereocenters. The number of aromatic nitrogens is 4. The summed E-state index contributed by atoms with van der Waals surface area (Å²) in [4.78, 5) is 19.1. The number of carbonyl (C=O) groups excluding carboxylic acids is 1. The summed E-state index contributed by atoms with van der Waals surface area (Å²) < 4.78 is 5.56. The number of imidazole rings is 1. The number of hydrogen-bond donors (Lipinski definition) is 3. The van der Waals surface area contributed by atoms with Gasteiger partial charge in [-0.2, -0.15) is 5.10 Å². The Labute approximate surface area is 142 Å². The number of benzene rings is 2. The highest BCUT2D eigenvalue weighted by atomic mass is 16.5. The summed E-state index contributed by atoms with van der Waals surface area (Å²) in [5, 5.41) is 7.34. The Balaban J connectivity index is 1.83. The lowest BCUT2D eigenvalue weighted by Crippen LogP contribution is -2.10. The fourth-order valence-corrected chi connectivity index (χ4v) is 2.76. The van der Waals surface area contributed by atoms with Crippen molar-refractivity contribution < 1.29 is 9.53 Å². The van der Waals surface area contributed by atoms with Gasteiger partial charge in [-0.25, -0.2) is 4.98 Å². The standard InChI is InChI=1S/C18H15N5O2/c1-25-16-14(10-5-3-2-4-6-10)22-23-15(16)18-20-12-8-7-11(17(19)24)9-13(12)21-18/h2-9H,1H3,(H2,19,24)(H,20,21)(H,22,23). The second kappa shape index (κ2) is 5.79. The van der Waals surface area contributed by atoms with Gasteiger partial charge in [0.25, 0.3) is 0 Å². The highest BCUT2D eigenvalue weighted by Gasteiger charge is 2.19. The number of H-pyrrole nitrogens is 2. The number of primary amides is 1. The van der Waals surface area contributed by atoms with Gasteiger partial charge in [0.05, 0.1) is 18.1 Å². The maximum atomic E-state index is 11.3. The zero-order chi connectivity index (χ0) is 17.4. The van der Waals surface area contributed by atoms with Crippen molar-refractivity contribution in [3.63, 3.8) is 0 Å². The lowest BCUT2D eigenvalue weighted by Gasteiger charge is -2.02. The number of amides is 1. The van der Waals surface area contributed by atoms with Gasteiger partial charge in [0, 0.05) is 11.1 Å². The number of nitrogens with one attached hydrogen (secondary N) is 2. The molecule has 25 heavy (non-hydrogen) atoms. The Morgan fingerprint density at radius 1 is 1.16 bits per heavy atom. The third-order valence-electron chi connectivity index (χ3n) is 3.98. The summed E-state index contributed by atoms with van der Waals surface area (Å²) in [5.41, 5.74) is 9.46. The molecule has 0 bridgehead atoms. The molecule has 0 spiro atoms. The smallest absolute Gasteiger partial charge is 0.248 e. The molecule has 0 aliphatic rings. The maximum Gasteiger partial charge on any atom is 0.248 e. The lowest BCUT2D eigenvalue weighted by atomic mass is 10.1. The van der Waals surface area contributed by atoms with Crippen LogP contribution >= 0.6 is 0 Å². The number of carbonyl (C=O) groups is 1. The molecule has 0 aliphatic carbocycles. The quantitative estimate of drug-likeness (QED) is 0.533. The van der Waals surface area contributed by atoms with E-state index in [9.17, 15) is 4.79 Å². The largest absolute Gasteiger partial charge is 0.492 e. The van der Waals surface area contributed by atoms with E-state index in [2.05, 4.69) is 20.2 Å². The van der Waals surface area contributed by atoms with Gasteiger partial charge in [-0.05, 0) is 18.2 Å². The molecule has 4 N–H and O–H groups in total. The van der Waals surface area contributed by atoms with Crippen molar-refractivity contribution >= 4 is 16.9 Å². The van der Waals surface area contributed by atoms with E-state index >= 15 is 0 Å². The molecule has 0 fully saturated rings. The lowest BCUT2D eigenvalue weighted by molar-refractivity contribution is 0.100. The van der Waals surface area contributed by atoms with Crippen molar-refractivity contribution in [2.45, 2.75) is 0 Å². The zero-order valence-corrected chi connectivity index (χ0v) is 13.4. The van der Waals surface area contributed by atoms with E-state index in [4.69, 9.17) is 10.5 Å². The summed E-state index contributed by atoms with van der Waals surface area (Å²) in [5.74, 6) is 0.687. The molecule has 2 heterocycles. The third-order valence-corrected chi connectivity index (χ3v) is 3.98. The molecule has 4 rings (SSSR count). The summed E-state index contributed by atoms with van der Waals surface area (Å²) in [7, 11) is 1.59. The Kier molecular flexibility index (Phi) is 3.46. The molecule has 0 aliphatic heterocycles. The monoisotopic (exact) mass is 333 g/mol. The van der Waals surface area contributed by atoms with E-state index in [0.717, 1.165) is 11.1 Å². The molecule has 4 aromatic rings. The molecule has 2 aromatic carbocycles. The zero-order valence-electron chi connectivity index (χ0n) is 13.4. The predicted octanol–water partition coefficient (Wildman–Crippen LogP) is 2.73. The second-order valence-corrected chi connectivity index (χ2v) is 5.53. The minimum Gasteiger partial charge on any atom is -0.492 e. The van der Waals surface area contributed by atoms with Crippen molar-refractivity contribution in [3.8, 4) is 28.5 Å². The molecular weight excluding hydrogens is 318 g/mol. The number of rotatable bonds is 4. The Hall–Kier alpha value is -3.61. The van der Waals surface area contributed by atoms with E-state index < -0.39 is 5.91 Å². The van der Waals surface area contributed by atoms with Crippen LogP contribution in [0, 0.1) is 0 Å². The van der Waals surface area contributed by atoms with E-state index in [0.29, 0.717) is 34.0 Å². The third kappa shape index (κ3) is 2.51. The van der Waals surface area contributed by atoms with Gasteiger partial charge < -0.3 is 15.5 Å². The van der Waals surface area contributed by atoms with Gasteiger partial charge in [-0.1, -0.05) is 30.3 Å². The molecular formula is C18H15N5O2. The van der Waals surface area contributed by atoms with Gasteiger partial charge in [-0.3, -0.25) is 9.89 Å². The summed E-state index contributed by atoms with van der Waals surface area (Å²) in [6.45, 7) is 0. The van der Waals surface area contributed by atoms with Crippen molar-refractivity contribution in [2.24, 2.45) is 5.73 Å². The van der Waals surface area contributed by atoms with Crippen molar-refractivity contribution in [1.29, 1.82) is 0 Å². The Bertz CT molecular complexity index is 1070. The number of fused-ring (bicyclic) bond motifs is 1. The molecule has 1 amide bonds. The Morgan fingerprint density at radius 2 is 1.96 bits per heavy atom. The van der Waals surface area contributed by atoms with Crippen LogP contribution < -0.4 is 10.5 Å². The first kappa shape index (κ1) is 14.9. The van der Waals surface area contributed by atoms with Crippen LogP contribution in [0.5, 0.6) is 5.75 Å². The van der Waals surface area contributed by atoms with E-state index in [-0.39, 0.29) is 0 Å². The highest BCUT2D eigenvalue weighted by molar-refractivity contribution is 5.96. The molecule has 0 radical (unpaired) electrons. The molecule has 7 heteroatoms. The molecule has 124 valence electrons. The second-order valence-electron chi connectivity index (χ2n) is 5.53. The van der Waals surface area contributed by atoms with Gasteiger partial charge >= 0.3 is 0 Å². The predicted molar refractivity (Wildman–Crippen MR) is 94.2 cm³/mol. The van der Waals surface area contributed by atoms with Crippen LogP contribution in [-0.4, -0.2) is 33.2 Å². The fraction of sp³-hybridized carbons (Fsp3) is 0.0556. The van der Waals surface area contributed by atoms with Gasteiger partial charge in [0.1, 0.15) is 11.4 Å². The Morgan fingerprint density at radius 3 is 2.68 bits per heavy atom. The number of hydrogen-bond acceptors (Lipinski definition) is 4. The van der Waals surface area contributed by atoms with E-state index in [1.165, 1.54) is 0 Å². The molecule has 0 saturated heterocycles. The fourth-order valence-electron chi connectivity index (χ4n) is 2.76. The van der Waals surface area contributed by atoms with Crippen LogP contribution in [-0.2, 0) is 0 Å². The van der Waals surface area contributed by atoms with E-state index in [1.54, 1.807) is 25.3 Å². The summed E-state index contributed by atoms with van der Waals surface area (Å²) in [6.07, 6.45) is 0. The number of nitrogens with two attached hydrogens (primary N) is 1. The normalized spacial score (nSPS) is 10.9. The van der Waals surface area contributed by atoms with Crippen LogP contribution in [0.1, 0.15) is 10.4 Å². The number of nitrogens with zero attached hydrogens (tertiary/aromatic N) is 2. The van der Waals surface area contributed by atoms with Crippen molar-refractivity contribution in [1.82, 2.24) is 20.2 Å². The van der Waals surface area contributed by atoms with Gasteiger partial charge in [-0.15, -0.1) is 0 Å².